The van der Waals surface area contributed by atoms with E-state index in [1.165, 1.54) is 0 Å². The van der Waals surface area contributed by atoms with Crippen LogP contribution < -0.4 is 10.1 Å². The van der Waals surface area contributed by atoms with E-state index in [-0.39, 0.29) is 5.78 Å². The summed E-state index contributed by atoms with van der Waals surface area (Å²) in [4.78, 5) is 16.4. The lowest BCUT2D eigenvalue weighted by molar-refractivity contribution is 0.106. The minimum atomic E-state index is -0.0774. The molecule has 2 aromatic rings. The number of fused-ring (bicyclic) bond motifs is 1. The van der Waals surface area contributed by atoms with Crippen molar-refractivity contribution >= 4 is 23.0 Å². The molecule has 0 saturated carbocycles. The van der Waals surface area contributed by atoms with Gasteiger partial charge < -0.3 is 10.1 Å². The van der Waals surface area contributed by atoms with Gasteiger partial charge in [-0.15, -0.1) is 0 Å². The maximum Gasteiger partial charge on any atom is 0.230 e. The number of carbonyl (C=O) groups excluding carboxylic acids is 1. The minimum Gasteiger partial charge on any atom is -0.497 e. The number of anilines is 1. The van der Waals surface area contributed by atoms with Gasteiger partial charge in [0, 0.05) is 5.69 Å². The number of benzene rings is 2. The van der Waals surface area contributed by atoms with Crippen LogP contribution in [0.1, 0.15) is 10.4 Å². The molecule has 0 bridgehead atoms. The summed E-state index contributed by atoms with van der Waals surface area (Å²) in [6.45, 7) is 0. The van der Waals surface area contributed by atoms with Crippen LogP contribution in [0.25, 0.3) is 0 Å². The average molecular weight is 252 g/mol. The highest BCUT2D eigenvalue weighted by Crippen LogP contribution is 2.26. The lowest BCUT2D eigenvalue weighted by Gasteiger charge is -2.05. The van der Waals surface area contributed by atoms with Crippen molar-refractivity contribution in [2.24, 2.45) is 4.99 Å². The van der Waals surface area contributed by atoms with Crippen molar-refractivity contribution in [2.75, 3.05) is 12.4 Å². The maximum absolute atomic E-state index is 12.1. The molecule has 2 aromatic carbocycles. The van der Waals surface area contributed by atoms with Crippen LogP contribution in [0.15, 0.2) is 53.5 Å². The first-order valence-electron chi connectivity index (χ1n) is 5.91. The molecule has 19 heavy (non-hydrogen) atoms. The van der Waals surface area contributed by atoms with Crippen LogP contribution >= 0.6 is 0 Å². The Kier molecular flexibility index (Phi) is 2.76. The van der Waals surface area contributed by atoms with Gasteiger partial charge in [-0.05, 0) is 36.4 Å². The zero-order valence-electron chi connectivity index (χ0n) is 10.4. The summed E-state index contributed by atoms with van der Waals surface area (Å²) in [5.74, 6) is 1.05. The zero-order chi connectivity index (χ0) is 13.2. The number of nitrogens with one attached hydrogen (secondary N) is 1. The van der Waals surface area contributed by atoms with Crippen molar-refractivity contribution in [3.8, 4) is 5.75 Å². The zero-order valence-corrected chi connectivity index (χ0v) is 10.4. The predicted molar refractivity (Wildman–Crippen MR) is 74.5 cm³/mol. The number of ketones is 1. The molecule has 1 N–H and O–H groups in total. The van der Waals surface area contributed by atoms with Crippen molar-refractivity contribution in [1.82, 2.24) is 0 Å². The Labute approximate surface area is 110 Å². The van der Waals surface area contributed by atoms with Gasteiger partial charge in [-0.1, -0.05) is 12.1 Å². The lowest BCUT2D eigenvalue weighted by Crippen LogP contribution is -2.19. The number of nitrogens with zero attached hydrogens (tertiary/aromatic N) is 1. The largest absolute Gasteiger partial charge is 0.497 e. The summed E-state index contributed by atoms with van der Waals surface area (Å²) in [7, 11) is 1.61. The number of carbonyl (C=O) groups is 1. The number of ether oxygens (including phenoxy) is 1. The second-order valence-electron chi connectivity index (χ2n) is 4.16. The highest BCUT2D eigenvalue weighted by molar-refractivity contribution is 6.52. The van der Waals surface area contributed by atoms with E-state index in [4.69, 9.17) is 4.74 Å². The number of Topliss-reactive ketones (excluding diaryl/α,β-unsaturated/α-hetero) is 1. The molecule has 1 aliphatic heterocycles. The summed E-state index contributed by atoms with van der Waals surface area (Å²) in [6.07, 6.45) is 0. The molecule has 0 unspecified atom stereocenters. The summed E-state index contributed by atoms with van der Waals surface area (Å²) in [6, 6.07) is 14.7. The van der Waals surface area contributed by atoms with Crippen molar-refractivity contribution in [1.29, 1.82) is 0 Å². The Balaban J connectivity index is 1.83. The van der Waals surface area contributed by atoms with Crippen LogP contribution in [-0.4, -0.2) is 18.7 Å². The van der Waals surface area contributed by atoms with E-state index in [2.05, 4.69) is 10.3 Å². The van der Waals surface area contributed by atoms with Gasteiger partial charge in [0.05, 0.1) is 18.4 Å². The van der Waals surface area contributed by atoms with Crippen molar-refractivity contribution in [2.45, 2.75) is 0 Å². The van der Waals surface area contributed by atoms with E-state index in [9.17, 15) is 4.79 Å². The predicted octanol–water partition coefficient (Wildman–Crippen LogP) is 3.03. The van der Waals surface area contributed by atoms with Crippen LogP contribution in [-0.2, 0) is 0 Å². The van der Waals surface area contributed by atoms with E-state index in [0.717, 1.165) is 11.4 Å². The van der Waals surface area contributed by atoms with Gasteiger partial charge in [0.2, 0.25) is 5.78 Å². The fourth-order valence-corrected chi connectivity index (χ4v) is 1.96. The molecular formula is C15H12N2O2. The summed E-state index contributed by atoms with van der Waals surface area (Å²) in [5.41, 5.74) is 2.16. The van der Waals surface area contributed by atoms with Crippen LogP contribution in [0, 0.1) is 0 Å². The second kappa shape index (κ2) is 4.57. The molecule has 0 saturated heterocycles. The quantitative estimate of drug-likeness (QED) is 0.893. The summed E-state index contributed by atoms with van der Waals surface area (Å²) in [5, 5.41) is 3.03. The number of methoxy groups -OCH3 is 1. The Hall–Kier alpha value is -2.62. The van der Waals surface area contributed by atoms with Crippen molar-refractivity contribution in [3.05, 3.63) is 54.1 Å². The third kappa shape index (κ3) is 2.08. The fraction of sp³-hybridized carbons (Fsp3) is 0.0667. The molecule has 3 rings (SSSR count). The van der Waals surface area contributed by atoms with Gasteiger partial charge in [-0.3, -0.25) is 4.79 Å². The average Bonchev–Trinajstić information content (AvgIpc) is 2.77. The molecule has 0 aliphatic carbocycles. The molecule has 4 nitrogen and oxygen atoms in total. The van der Waals surface area contributed by atoms with Gasteiger partial charge in [-0.2, -0.15) is 0 Å². The number of amidine groups is 1. The van der Waals surface area contributed by atoms with Gasteiger partial charge in [0.1, 0.15) is 5.75 Å². The van der Waals surface area contributed by atoms with Crippen LogP contribution in [0.2, 0.25) is 0 Å². The number of hydrogen-bond donors (Lipinski definition) is 1. The van der Waals surface area contributed by atoms with Gasteiger partial charge in [-0.25, -0.2) is 4.99 Å². The van der Waals surface area contributed by atoms with Gasteiger partial charge >= 0.3 is 0 Å². The molecule has 0 atom stereocenters. The molecule has 0 aromatic heterocycles. The molecule has 0 spiro atoms. The molecular weight excluding hydrogens is 240 g/mol. The van der Waals surface area contributed by atoms with E-state index < -0.39 is 0 Å². The first-order valence-corrected chi connectivity index (χ1v) is 5.91. The molecule has 1 heterocycles. The maximum atomic E-state index is 12.1. The van der Waals surface area contributed by atoms with Gasteiger partial charge in [0.25, 0.3) is 0 Å². The highest BCUT2D eigenvalue weighted by Gasteiger charge is 2.23. The number of aliphatic imine (C=N–C) groups is 1. The Morgan fingerprint density at radius 2 is 1.79 bits per heavy atom. The minimum absolute atomic E-state index is 0.0774. The third-order valence-corrected chi connectivity index (χ3v) is 2.95. The van der Waals surface area contributed by atoms with E-state index >= 15 is 0 Å². The first-order chi connectivity index (χ1) is 9.28. The summed E-state index contributed by atoms with van der Waals surface area (Å²) < 4.78 is 5.09. The van der Waals surface area contributed by atoms with Gasteiger partial charge in [0.15, 0.2) is 5.84 Å². The normalized spacial score (nSPS) is 12.9. The standard InChI is InChI=1S/C15H12N2O2/c1-19-11-8-6-10(7-9-11)16-15-14(18)12-4-2-3-5-13(12)17-15/h2-9H,1H3,(H,16,17,18). The first kappa shape index (κ1) is 11.5. The smallest absolute Gasteiger partial charge is 0.230 e. The van der Waals surface area contributed by atoms with Crippen LogP contribution in [0.3, 0.4) is 0 Å². The molecule has 0 radical (unpaired) electrons. The number of rotatable bonds is 2. The number of para-hydroxylation sites is 1. The molecule has 0 fully saturated rings. The third-order valence-electron chi connectivity index (χ3n) is 2.95. The Morgan fingerprint density at radius 1 is 1.05 bits per heavy atom. The SMILES string of the molecule is COc1ccc(NC2=Nc3ccccc3C2=O)cc1. The fourth-order valence-electron chi connectivity index (χ4n) is 1.96. The molecule has 0 amide bonds. The monoisotopic (exact) mass is 252 g/mol. The molecule has 4 heteroatoms. The second-order valence-corrected chi connectivity index (χ2v) is 4.16. The van der Waals surface area contributed by atoms with E-state index in [1.54, 1.807) is 13.2 Å². The van der Waals surface area contributed by atoms with Crippen molar-refractivity contribution in [3.63, 3.8) is 0 Å². The summed E-state index contributed by atoms with van der Waals surface area (Å²) >= 11 is 0. The van der Waals surface area contributed by atoms with Crippen LogP contribution in [0.5, 0.6) is 5.75 Å². The topological polar surface area (TPSA) is 50.7 Å². The molecule has 1 aliphatic rings. The Morgan fingerprint density at radius 3 is 2.47 bits per heavy atom. The lowest BCUT2D eigenvalue weighted by atomic mass is 10.1. The number of hydrogen-bond acceptors (Lipinski definition) is 4. The van der Waals surface area contributed by atoms with E-state index in [0.29, 0.717) is 17.1 Å². The van der Waals surface area contributed by atoms with Crippen LogP contribution in [0.4, 0.5) is 11.4 Å². The Bertz CT molecular complexity index is 660. The van der Waals surface area contributed by atoms with Crippen molar-refractivity contribution < 1.29 is 9.53 Å². The molecule has 94 valence electrons. The highest BCUT2D eigenvalue weighted by atomic mass is 16.5. The van der Waals surface area contributed by atoms with E-state index in [1.807, 2.05) is 42.5 Å².